The highest BCUT2D eigenvalue weighted by atomic mass is 16.5. The molecule has 1 saturated carbocycles. The van der Waals surface area contributed by atoms with E-state index in [-0.39, 0.29) is 0 Å². The molecule has 1 aromatic carbocycles. The molecule has 2 bridgehead atoms. The van der Waals surface area contributed by atoms with Crippen molar-refractivity contribution in [1.29, 1.82) is 0 Å². The smallest absolute Gasteiger partial charge is 0.126 e. The van der Waals surface area contributed by atoms with Crippen LogP contribution < -0.4 is 15.2 Å². The van der Waals surface area contributed by atoms with Gasteiger partial charge >= 0.3 is 0 Å². The van der Waals surface area contributed by atoms with Crippen LogP contribution in [-0.4, -0.2) is 20.8 Å². The lowest BCUT2D eigenvalue weighted by molar-refractivity contribution is 0.386. The molecule has 0 aromatic heterocycles. The standard InChI is InChI=1S/C16H23NO2/c1-18-13-9-12(4-3-7-17)16(19-2)15-11-6-5-10(8-11)14(13)15/h9-11H,3-8,17H2,1-2H3. The number of nitrogens with two attached hydrogens (primary N) is 1. The molecule has 1 aromatic rings. The first-order valence-corrected chi connectivity index (χ1v) is 7.27. The van der Waals surface area contributed by atoms with Crippen LogP contribution in [0.3, 0.4) is 0 Å². The molecule has 0 spiro atoms. The Labute approximate surface area is 115 Å². The molecule has 2 N–H and O–H groups in total. The fourth-order valence-electron chi connectivity index (χ4n) is 3.95. The van der Waals surface area contributed by atoms with Crippen molar-refractivity contribution in [3.63, 3.8) is 0 Å². The van der Waals surface area contributed by atoms with E-state index in [2.05, 4.69) is 6.07 Å². The molecular weight excluding hydrogens is 238 g/mol. The normalized spacial score (nSPS) is 23.5. The summed E-state index contributed by atoms with van der Waals surface area (Å²) in [6.45, 7) is 0.717. The predicted molar refractivity (Wildman–Crippen MR) is 76.3 cm³/mol. The molecule has 3 heteroatoms. The van der Waals surface area contributed by atoms with Gasteiger partial charge in [0, 0.05) is 11.1 Å². The summed E-state index contributed by atoms with van der Waals surface area (Å²) < 4.78 is 11.4. The Kier molecular flexibility index (Phi) is 3.40. The Balaban J connectivity index is 2.10. The van der Waals surface area contributed by atoms with E-state index in [4.69, 9.17) is 15.2 Å². The predicted octanol–water partition coefficient (Wildman–Crippen LogP) is 2.96. The summed E-state index contributed by atoms with van der Waals surface area (Å²) in [6, 6.07) is 2.17. The maximum Gasteiger partial charge on any atom is 0.126 e. The van der Waals surface area contributed by atoms with Gasteiger partial charge in [-0.25, -0.2) is 0 Å². The lowest BCUT2D eigenvalue weighted by Crippen LogP contribution is -2.08. The van der Waals surface area contributed by atoms with Crippen LogP contribution in [0.2, 0.25) is 0 Å². The van der Waals surface area contributed by atoms with Crippen LogP contribution in [0.25, 0.3) is 0 Å². The molecule has 0 aliphatic heterocycles. The molecule has 2 atom stereocenters. The fourth-order valence-corrected chi connectivity index (χ4v) is 3.95. The van der Waals surface area contributed by atoms with Gasteiger partial charge in [0.1, 0.15) is 11.5 Å². The summed E-state index contributed by atoms with van der Waals surface area (Å²) in [4.78, 5) is 0. The van der Waals surface area contributed by atoms with Gasteiger partial charge < -0.3 is 15.2 Å². The average Bonchev–Trinajstić information content (AvgIpc) is 3.05. The van der Waals surface area contributed by atoms with E-state index < -0.39 is 0 Å². The van der Waals surface area contributed by atoms with Gasteiger partial charge in [0.2, 0.25) is 0 Å². The third kappa shape index (κ3) is 1.91. The van der Waals surface area contributed by atoms with E-state index in [1.54, 1.807) is 14.2 Å². The molecule has 0 saturated heterocycles. The Bertz CT molecular complexity index is 484. The van der Waals surface area contributed by atoms with Crippen molar-refractivity contribution < 1.29 is 9.47 Å². The lowest BCUT2D eigenvalue weighted by atomic mass is 9.87. The molecule has 0 amide bonds. The van der Waals surface area contributed by atoms with Crippen molar-refractivity contribution in [2.45, 2.75) is 43.9 Å². The Morgan fingerprint density at radius 1 is 1.16 bits per heavy atom. The third-order valence-corrected chi connectivity index (χ3v) is 4.72. The van der Waals surface area contributed by atoms with Crippen molar-refractivity contribution in [3.8, 4) is 11.5 Å². The molecular formula is C16H23NO2. The molecule has 3 rings (SSSR count). The number of rotatable bonds is 5. The van der Waals surface area contributed by atoms with Crippen molar-refractivity contribution in [2.24, 2.45) is 5.73 Å². The van der Waals surface area contributed by atoms with Crippen LogP contribution in [0.5, 0.6) is 11.5 Å². The van der Waals surface area contributed by atoms with E-state index in [0.717, 1.165) is 24.3 Å². The van der Waals surface area contributed by atoms with Crippen molar-refractivity contribution in [1.82, 2.24) is 0 Å². The fraction of sp³-hybridized carbons (Fsp3) is 0.625. The van der Waals surface area contributed by atoms with Gasteiger partial charge in [-0.2, -0.15) is 0 Å². The zero-order valence-corrected chi connectivity index (χ0v) is 11.9. The SMILES string of the molecule is COc1cc(CCCN)c(OC)c2c1C1CCC2C1. The van der Waals surface area contributed by atoms with Gasteiger partial charge in [-0.3, -0.25) is 0 Å². The number of hydrogen-bond donors (Lipinski definition) is 1. The van der Waals surface area contributed by atoms with Crippen molar-refractivity contribution in [2.75, 3.05) is 20.8 Å². The maximum absolute atomic E-state index is 5.74. The van der Waals surface area contributed by atoms with Gasteiger partial charge in [0.25, 0.3) is 0 Å². The number of fused-ring (bicyclic) bond motifs is 5. The highest BCUT2D eigenvalue weighted by molar-refractivity contribution is 5.60. The van der Waals surface area contributed by atoms with E-state index in [1.807, 2.05) is 0 Å². The Morgan fingerprint density at radius 3 is 2.53 bits per heavy atom. The quantitative estimate of drug-likeness (QED) is 0.886. The minimum Gasteiger partial charge on any atom is -0.496 e. The molecule has 1 fully saturated rings. The second-order valence-corrected chi connectivity index (χ2v) is 5.70. The van der Waals surface area contributed by atoms with Gasteiger partial charge in [-0.1, -0.05) is 0 Å². The Morgan fingerprint density at radius 2 is 1.89 bits per heavy atom. The van der Waals surface area contributed by atoms with Crippen molar-refractivity contribution >= 4 is 0 Å². The van der Waals surface area contributed by atoms with Crippen LogP contribution in [0, 0.1) is 0 Å². The summed E-state index contributed by atoms with van der Waals surface area (Å²) in [5.41, 5.74) is 9.76. The molecule has 104 valence electrons. The van der Waals surface area contributed by atoms with Crippen LogP contribution in [0.15, 0.2) is 6.07 Å². The zero-order chi connectivity index (χ0) is 13.4. The monoisotopic (exact) mass is 261 g/mol. The molecule has 2 aliphatic carbocycles. The van der Waals surface area contributed by atoms with Crippen LogP contribution in [-0.2, 0) is 6.42 Å². The molecule has 2 aliphatic rings. The number of aryl methyl sites for hydroxylation is 1. The third-order valence-electron chi connectivity index (χ3n) is 4.72. The first-order valence-electron chi connectivity index (χ1n) is 7.27. The van der Waals surface area contributed by atoms with Crippen molar-refractivity contribution in [3.05, 3.63) is 22.8 Å². The van der Waals surface area contributed by atoms with Crippen LogP contribution in [0.4, 0.5) is 0 Å². The number of methoxy groups -OCH3 is 2. The first kappa shape index (κ1) is 12.8. The van der Waals surface area contributed by atoms with Crippen LogP contribution >= 0.6 is 0 Å². The highest BCUT2D eigenvalue weighted by Crippen LogP contribution is 2.59. The molecule has 2 unspecified atom stereocenters. The Hall–Kier alpha value is -1.22. The van der Waals surface area contributed by atoms with Gasteiger partial charge in [-0.05, 0) is 62.1 Å². The molecule has 19 heavy (non-hydrogen) atoms. The second-order valence-electron chi connectivity index (χ2n) is 5.70. The summed E-state index contributed by atoms with van der Waals surface area (Å²) in [5.74, 6) is 3.54. The molecule has 0 radical (unpaired) electrons. The summed E-state index contributed by atoms with van der Waals surface area (Å²) in [6.07, 6.45) is 5.85. The topological polar surface area (TPSA) is 44.5 Å². The minimum absolute atomic E-state index is 0.682. The van der Waals surface area contributed by atoms with Gasteiger partial charge in [0.05, 0.1) is 14.2 Å². The van der Waals surface area contributed by atoms with Gasteiger partial charge in [0.15, 0.2) is 0 Å². The summed E-state index contributed by atoms with van der Waals surface area (Å²) in [7, 11) is 3.57. The van der Waals surface area contributed by atoms with Crippen LogP contribution in [0.1, 0.15) is 54.2 Å². The maximum atomic E-state index is 5.74. The van der Waals surface area contributed by atoms with E-state index in [1.165, 1.54) is 36.0 Å². The first-order chi connectivity index (χ1) is 9.30. The number of ether oxygens (including phenoxy) is 2. The van der Waals surface area contributed by atoms with E-state index in [9.17, 15) is 0 Å². The zero-order valence-electron chi connectivity index (χ0n) is 11.9. The molecule has 0 heterocycles. The highest BCUT2D eigenvalue weighted by Gasteiger charge is 2.41. The second kappa shape index (κ2) is 5.04. The number of benzene rings is 1. The average molecular weight is 261 g/mol. The van der Waals surface area contributed by atoms with Gasteiger partial charge in [-0.15, -0.1) is 0 Å². The van der Waals surface area contributed by atoms with E-state index in [0.29, 0.717) is 18.4 Å². The molecule has 3 nitrogen and oxygen atoms in total. The number of hydrogen-bond acceptors (Lipinski definition) is 3. The summed E-state index contributed by atoms with van der Waals surface area (Å²) in [5, 5.41) is 0. The minimum atomic E-state index is 0.682. The largest absolute Gasteiger partial charge is 0.496 e. The van der Waals surface area contributed by atoms with E-state index >= 15 is 0 Å². The lowest BCUT2D eigenvalue weighted by Gasteiger charge is -2.23. The summed E-state index contributed by atoms with van der Waals surface area (Å²) >= 11 is 0.